The van der Waals surface area contributed by atoms with Gasteiger partial charge in [0.1, 0.15) is 35.8 Å². The van der Waals surface area contributed by atoms with Crippen LogP contribution in [0.2, 0.25) is 0 Å². The summed E-state index contributed by atoms with van der Waals surface area (Å²) in [6.07, 6.45) is 13.7. The minimum atomic E-state index is -2.44. The van der Waals surface area contributed by atoms with Gasteiger partial charge in [-0.1, -0.05) is 76.3 Å². The molecule has 1 amide bonds. The Kier molecular flexibility index (Phi) is 22.1. The van der Waals surface area contributed by atoms with E-state index < -0.39 is 77.8 Å². The first-order valence-electron chi connectivity index (χ1n) is 25.8. The van der Waals surface area contributed by atoms with Gasteiger partial charge in [0, 0.05) is 64.7 Å². The van der Waals surface area contributed by atoms with Crippen molar-refractivity contribution in [1.82, 2.24) is 20.3 Å². The first-order valence-corrected chi connectivity index (χ1v) is 25.8. The number of esters is 1. The number of cyclic esters (lactones) is 1. The topological polar surface area (TPSA) is 226 Å². The molecule has 3 aliphatic heterocycles. The summed E-state index contributed by atoms with van der Waals surface area (Å²) in [7, 11) is 4.62. The first kappa shape index (κ1) is 57.7. The molecule has 3 fully saturated rings. The number of fused-ring (bicyclic) bond motifs is 3. The second kappa shape index (κ2) is 27.2. The van der Waals surface area contributed by atoms with Crippen LogP contribution in [0.5, 0.6) is 0 Å². The lowest BCUT2D eigenvalue weighted by molar-refractivity contribution is -0.265. The van der Waals surface area contributed by atoms with E-state index in [1.807, 2.05) is 58.1 Å². The molecule has 1 aromatic rings. The van der Waals surface area contributed by atoms with Crippen molar-refractivity contribution in [3.8, 4) is 0 Å². The number of carbonyl (C=O) groups excluding carboxylic acids is 5. The molecule has 4 aliphatic rings. The van der Waals surface area contributed by atoms with E-state index in [2.05, 4.69) is 15.4 Å². The van der Waals surface area contributed by atoms with E-state index in [0.717, 1.165) is 12.0 Å². The molecular formula is C54H82N4O13. The number of Topliss-reactive ketones (excluding diaryl/α,β-unsaturated/α-hetero) is 3. The summed E-state index contributed by atoms with van der Waals surface area (Å²) in [5.74, 6) is -7.96. The zero-order valence-corrected chi connectivity index (χ0v) is 43.8. The number of carbonyl (C=O) groups is 5. The van der Waals surface area contributed by atoms with Crippen LogP contribution >= 0.6 is 0 Å². The number of hydrogen-bond donors (Lipinski definition) is 3. The van der Waals surface area contributed by atoms with Crippen LogP contribution < -0.4 is 0 Å². The predicted molar refractivity (Wildman–Crippen MR) is 264 cm³/mol. The van der Waals surface area contributed by atoms with Gasteiger partial charge in [0.25, 0.3) is 11.7 Å². The fourth-order valence-corrected chi connectivity index (χ4v) is 10.8. The summed E-state index contributed by atoms with van der Waals surface area (Å²) in [5.41, 5.74) is 1.95. The van der Waals surface area contributed by atoms with Gasteiger partial charge in [-0.25, -0.2) is 4.79 Å². The Labute approximate surface area is 420 Å². The molecule has 396 valence electrons. The number of nitrogens with zero attached hydrogens (tertiary/aromatic N) is 3. The number of amides is 1. The molecule has 5 rings (SSSR count). The Morgan fingerprint density at radius 3 is 2.34 bits per heavy atom. The van der Waals surface area contributed by atoms with Gasteiger partial charge in [-0.15, -0.1) is 5.10 Å². The maximum atomic E-state index is 14.5. The quantitative estimate of drug-likeness (QED) is 0.136. The number of ketones is 3. The molecule has 0 radical (unpaired) electrons. The van der Waals surface area contributed by atoms with Crippen molar-refractivity contribution in [1.29, 1.82) is 0 Å². The van der Waals surface area contributed by atoms with Gasteiger partial charge in [0.2, 0.25) is 5.79 Å². The number of hydrogen-bond acceptors (Lipinski definition) is 15. The highest BCUT2D eigenvalue weighted by Gasteiger charge is 2.53. The number of allylic oxidation sites excluding steroid dienone is 6. The monoisotopic (exact) mass is 995 g/mol. The van der Waals surface area contributed by atoms with E-state index in [1.165, 1.54) is 12.0 Å². The van der Waals surface area contributed by atoms with Crippen LogP contribution in [0.1, 0.15) is 131 Å². The lowest BCUT2D eigenvalue weighted by Crippen LogP contribution is -2.61. The van der Waals surface area contributed by atoms with Crippen molar-refractivity contribution in [3.05, 3.63) is 59.5 Å². The fraction of sp³-hybridized carbons (Fsp3) is 0.722. The standard InChI is InChI=1S/C54H82N4O13/c1-32-16-12-11-13-17-33(2)45(66-8)28-41-21-19-38(7)54(65,71-41)51(62)52(63)58-23-15-14-18-42(58)53(64)70-46(29-43(59)34(3)25-37(6)49(61)50(68-10)48(60)36(5)24-32)35(4)26-39-20-22-44(47(27-39)67-9)69-31-40-30-55-57-56-40/h11-13,16-17,25,30,32,34-36,38-39,41-42,44-47,49-50,61,65H,14-15,18-24,26-29,31H2,1-10H3,(H,55,56,57)/b13-11+,16-12+,33-17+,37-25+/t32-,34-,35-,36-,38-,39+,41+,42+,44-,45+,46+,47-,49-,50+,54-/m1/s1. The number of piperidine rings is 1. The minimum Gasteiger partial charge on any atom is -0.460 e. The van der Waals surface area contributed by atoms with Gasteiger partial charge in [-0.05, 0) is 107 Å². The average molecular weight is 995 g/mol. The Bertz CT molecular complexity index is 2050. The van der Waals surface area contributed by atoms with Gasteiger partial charge in [0.15, 0.2) is 5.78 Å². The second-order valence-electron chi connectivity index (χ2n) is 20.8. The molecule has 17 heteroatoms. The zero-order valence-electron chi connectivity index (χ0n) is 43.8. The Balaban J connectivity index is 1.44. The molecule has 15 atom stereocenters. The van der Waals surface area contributed by atoms with Crippen LogP contribution in [0.4, 0.5) is 0 Å². The smallest absolute Gasteiger partial charge is 0.329 e. The molecule has 0 unspecified atom stereocenters. The average Bonchev–Trinajstić information content (AvgIpc) is 3.89. The highest BCUT2D eigenvalue weighted by molar-refractivity contribution is 6.39. The van der Waals surface area contributed by atoms with Gasteiger partial charge in [-0.3, -0.25) is 24.3 Å². The van der Waals surface area contributed by atoms with Crippen molar-refractivity contribution in [2.45, 2.75) is 187 Å². The summed E-state index contributed by atoms with van der Waals surface area (Å²) in [5, 5.41) is 34.0. The van der Waals surface area contributed by atoms with Crippen molar-refractivity contribution in [2.75, 3.05) is 27.9 Å². The van der Waals surface area contributed by atoms with E-state index in [1.54, 1.807) is 47.3 Å². The maximum absolute atomic E-state index is 14.5. The van der Waals surface area contributed by atoms with E-state index in [9.17, 15) is 34.2 Å². The molecule has 0 aromatic carbocycles. The molecule has 1 aliphatic carbocycles. The molecule has 0 spiro atoms. The third-order valence-corrected chi connectivity index (χ3v) is 15.4. The molecule has 2 saturated heterocycles. The first-order chi connectivity index (χ1) is 33.8. The highest BCUT2D eigenvalue weighted by Crippen LogP contribution is 2.38. The van der Waals surface area contributed by atoms with Crippen LogP contribution in [-0.4, -0.2) is 142 Å². The largest absolute Gasteiger partial charge is 0.460 e. The van der Waals surface area contributed by atoms with Crippen molar-refractivity contribution in [2.24, 2.45) is 35.5 Å². The van der Waals surface area contributed by atoms with Crippen LogP contribution in [0.15, 0.2) is 53.8 Å². The van der Waals surface area contributed by atoms with E-state index >= 15 is 0 Å². The molecule has 71 heavy (non-hydrogen) atoms. The number of aromatic nitrogens is 3. The Morgan fingerprint density at radius 2 is 1.65 bits per heavy atom. The lowest BCUT2D eigenvalue weighted by atomic mass is 9.78. The second-order valence-corrected chi connectivity index (χ2v) is 20.8. The predicted octanol–water partition coefficient (Wildman–Crippen LogP) is 6.52. The van der Waals surface area contributed by atoms with Crippen LogP contribution in [0, 0.1) is 35.5 Å². The van der Waals surface area contributed by atoms with Crippen molar-refractivity contribution < 1.29 is 62.6 Å². The molecule has 1 aromatic heterocycles. The molecule has 4 heterocycles. The fourth-order valence-electron chi connectivity index (χ4n) is 10.8. The number of rotatable bonds is 9. The van der Waals surface area contributed by atoms with Gasteiger partial charge >= 0.3 is 5.97 Å². The van der Waals surface area contributed by atoms with Crippen LogP contribution in [-0.2, 0) is 59.0 Å². The van der Waals surface area contributed by atoms with Gasteiger partial charge < -0.3 is 43.5 Å². The SMILES string of the molecule is CO[C@H]1C[C@@H]2CC[C@@H](C)[C@@](O)(O2)C(=O)C(=O)N2CCCC[C@H]2C(=O)O[C@H]([C@H](C)C[C@@H]2CC[C@@H](OCc3c[nH]nn3)[C@H](OC)C2)CC(=O)[C@H](C)/C=C(\C)[C@@H](O)[C@@H](OC)C(=O)[C@H](C)C[C@H](C)/C=C/C=C/C=C/1C. The van der Waals surface area contributed by atoms with Crippen LogP contribution in [0.3, 0.4) is 0 Å². The number of nitrogens with one attached hydrogen (secondary N) is 1. The highest BCUT2D eigenvalue weighted by atomic mass is 16.6. The number of methoxy groups -OCH3 is 3. The Hall–Kier alpha value is -4.23. The summed E-state index contributed by atoms with van der Waals surface area (Å²) < 4.78 is 36.1. The third-order valence-electron chi connectivity index (χ3n) is 15.4. The molecule has 1 saturated carbocycles. The molecule has 3 N–H and O–H groups in total. The molecule has 2 bridgehead atoms. The lowest BCUT2D eigenvalue weighted by Gasteiger charge is -2.42. The van der Waals surface area contributed by atoms with Gasteiger partial charge in [-0.2, -0.15) is 0 Å². The molecule has 17 nitrogen and oxygen atoms in total. The number of ether oxygens (including phenoxy) is 6. The summed E-state index contributed by atoms with van der Waals surface area (Å²) in [6.45, 7) is 13.1. The number of H-pyrrole nitrogens is 1. The van der Waals surface area contributed by atoms with Crippen molar-refractivity contribution in [3.63, 3.8) is 0 Å². The summed E-state index contributed by atoms with van der Waals surface area (Å²) in [4.78, 5) is 72.4. The zero-order chi connectivity index (χ0) is 52.0. The van der Waals surface area contributed by atoms with E-state index in [-0.39, 0.29) is 67.5 Å². The number of aliphatic hydroxyl groups excluding tert-OH is 1. The van der Waals surface area contributed by atoms with E-state index in [4.69, 9.17) is 28.4 Å². The molecular weight excluding hydrogens is 913 g/mol. The minimum absolute atomic E-state index is 0.0149. The Morgan fingerprint density at radius 1 is 0.887 bits per heavy atom. The van der Waals surface area contributed by atoms with Crippen LogP contribution in [0.25, 0.3) is 0 Å². The van der Waals surface area contributed by atoms with Crippen molar-refractivity contribution >= 4 is 29.2 Å². The van der Waals surface area contributed by atoms with Gasteiger partial charge in [0.05, 0.1) is 31.0 Å². The summed E-state index contributed by atoms with van der Waals surface area (Å²) in [6, 6.07) is -1.15. The van der Waals surface area contributed by atoms with E-state index in [0.29, 0.717) is 69.1 Å². The summed E-state index contributed by atoms with van der Waals surface area (Å²) >= 11 is 0. The normalized spacial score (nSPS) is 38.0. The third kappa shape index (κ3) is 15.4. The number of aromatic amines is 1. The maximum Gasteiger partial charge on any atom is 0.329 e. The number of aliphatic hydroxyl groups is 2.